The van der Waals surface area contributed by atoms with Crippen molar-refractivity contribution in [3.05, 3.63) is 23.8 Å². The van der Waals surface area contributed by atoms with Crippen LogP contribution in [0, 0.1) is 5.92 Å². The van der Waals surface area contributed by atoms with Gasteiger partial charge in [0.25, 0.3) is 0 Å². The molecule has 1 aromatic carbocycles. The molecule has 2 N–H and O–H groups in total. The Morgan fingerprint density at radius 2 is 2.27 bits per heavy atom. The van der Waals surface area contributed by atoms with E-state index in [2.05, 4.69) is 5.32 Å². The summed E-state index contributed by atoms with van der Waals surface area (Å²) in [6.45, 7) is 1.79. The molecular weight excluding hydrogens is 190 g/mol. The maximum Gasteiger partial charge on any atom is 0.123 e. The fourth-order valence-corrected chi connectivity index (χ4v) is 1.55. The van der Waals surface area contributed by atoms with Crippen molar-refractivity contribution in [1.82, 2.24) is 5.32 Å². The second kappa shape index (κ2) is 4.53. The summed E-state index contributed by atoms with van der Waals surface area (Å²) in [6.07, 6.45) is 2.70. The lowest BCUT2D eigenvalue weighted by molar-refractivity contribution is 0.406. The van der Waals surface area contributed by atoms with Gasteiger partial charge < -0.3 is 15.2 Å². The average molecular weight is 207 g/mol. The molecule has 15 heavy (non-hydrogen) atoms. The quantitative estimate of drug-likeness (QED) is 0.774. The third kappa shape index (κ3) is 2.86. The Kier molecular flexibility index (Phi) is 3.11. The molecule has 0 heterocycles. The predicted octanol–water partition coefficient (Wildman–Crippen LogP) is 1.90. The van der Waals surface area contributed by atoms with E-state index in [4.69, 9.17) is 4.74 Å². The van der Waals surface area contributed by atoms with E-state index in [0.717, 1.165) is 24.6 Å². The van der Waals surface area contributed by atoms with Crippen LogP contribution in [0.1, 0.15) is 18.4 Å². The third-order valence-electron chi connectivity index (χ3n) is 2.74. The summed E-state index contributed by atoms with van der Waals surface area (Å²) in [5.41, 5.74) is 0.927. The summed E-state index contributed by atoms with van der Waals surface area (Å²) >= 11 is 0. The minimum absolute atomic E-state index is 0.303. The summed E-state index contributed by atoms with van der Waals surface area (Å²) in [7, 11) is 1.60. The number of methoxy groups -OCH3 is 1. The molecule has 2 rings (SSSR count). The van der Waals surface area contributed by atoms with Crippen LogP contribution in [-0.2, 0) is 6.54 Å². The summed E-state index contributed by atoms with van der Waals surface area (Å²) in [5.74, 6) is 1.86. The number of phenols is 1. The van der Waals surface area contributed by atoms with Crippen molar-refractivity contribution in [3.8, 4) is 11.5 Å². The number of hydrogen-bond donors (Lipinski definition) is 2. The van der Waals surface area contributed by atoms with Crippen LogP contribution in [0.5, 0.6) is 11.5 Å². The van der Waals surface area contributed by atoms with E-state index in [9.17, 15) is 5.11 Å². The van der Waals surface area contributed by atoms with E-state index < -0.39 is 0 Å². The first-order valence-corrected chi connectivity index (χ1v) is 5.36. The lowest BCUT2D eigenvalue weighted by atomic mass is 10.2. The molecule has 0 aromatic heterocycles. The van der Waals surface area contributed by atoms with Gasteiger partial charge in [0.05, 0.1) is 7.11 Å². The number of aromatic hydroxyl groups is 1. The molecule has 1 saturated carbocycles. The third-order valence-corrected chi connectivity index (χ3v) is 2.74. The minimum Gasteiger partial charge on any atom is -0.507 e. The van der Waals surface area contributed by atoms with E-state index in [1.165, 1.54) is 12.8 Å². The molecule has 0 radical (unpaired) electrons. The van der Waals surface area contributed by atoms with E-state index in [1.54, 1.807) is 13.2 Å². The van der Waals surface area contributed by atoms with Gasteiger partial charge in [-0.1, -0.05) is 6.07 Å². The van der Waals surface area contributed by atoms with Gasteiger partial charge in [-0.3, -0.25) is 0 Å². The van der Waals surface area contributed by atoms with Crippen molar-refractivity contribution in [2.45, 2.75) is 19.4 Å². The van der Waals surface area contributed by atoms with E-state index in [1.807, 2.05) is 12.1 Å². The fraction of sp³-hybridized carbons (Fsp3) is 0.500. The first-order valence-electron chi connectivity index (χ1n) is 5.36. The van der Waals surface area contributed by atoms with Crippen LogP contribution in [-0.4, -0.2) is 18.8 Å². The van der Waals surface area contributed by atoms with Crippen molar-refractivity contribution < 1.29 is 9.84 Å². The highest BCUT2D eigenvalue weighted by Crippen LogP contribution is 2.28. The Labute approximate surface area is 90.1 Å². The largest absolute Gasteiger partial charge is 0.507 e. The zero-order chi connectivity index (χ0) is 10.7. The van der Waals surface area contributed by atoms with Gasteiger partial charge in [0.15, 0.2) is 0 Å². The highest BCUT2D eigenvalue weighted by Gasteiger charge is 2.20. The van der Waals surface area contributed by atoms with Crippen molar-refractivity contribution in [3.63, 3.8) is 0 Å². The normalized spacial score (nSPS) is 15.3. The molecule has 82 valence electrons. The monoisotopic (exact) mass is 207 g/mol. The predicted molar refractivity (Wildman–Crippen MR) is 59.1 cm³/mol. The maximum absolute atomic E-state index is 9.68. The second-order valence-electron chi connectivity index (χ2n) is 4.07. The van der Waals surface area contributed by atoms with Crippen LogP contribution >= 0.6 is 0 Å². The lowest BCUT2D eigenvalue weighted by Gasteiger charge is -2.07. The van der Waals surface area contributed by atoms with Crippen molar-refractivity contribution in [2.24, 2.45) is 5.92 Å². The maximum atomic E-state index is 9.68. The van der Waals surface area contributed by atoms with Crippen LogP contribution in [0.3, 0.4) is 0 Å². The highest BCUT2D eigenvalue weighted by molar-refractivity contribution is 5.39. The summed E-state index contributed by atoms with van der Waals surface area (Å²) in [5, 5.41) is 13.0. The molecule has 0 spiro atoms. The van der Waals surface area contributed by atoms with Gasteiger partial charge in [-0.2, -0.15) is 0 Å². The Balaban J connectivity index is 1.88. The van der Waals surface area contributed by atoms with Crippen LogP contribution in [0.25, 0.3) is 0 Å². The van der Waals surface area contributed by atoms with Crippen LogP contribution in [0.4, 0.5) is 0 Å². The molecule has 3 heteroatoms. The lowest BCUT2D eigenvalue weighted by Crippen LogP contribution is -2.16. The van der Waals surface area contributed by atoms with E-state index in [-0.39, 0.29) is 0 Å². The minimum atomic E-state index is 0.303. The first-order chi connectivity index (χ1) is 7.29. The SMILES string of the molecule is COc1ccc(CNCC2CC2)c(O)c1. The average Bonchev–Trinajstić information content (AvgIpc) is 3.04. The first kappa shape index (κ1) is 10.3. The van der Waals surface area contributed by atoms with Gasteiger partial charge in [-0.25, -0.2) is 0 Å². The van der Waals surface area contributed by atoms with Gasteiger partial charge in [-0.15, -0.1) is 0 Å². The highest BCUT2D eigenvalue weighted by atomic mass is 16.5. The summed E-state index contributed by atoms with van der Waals surface area (Å²) in [6, 6.07) is 5.41. The van der Waals surface area contributed by atoms with Gasteiger partial charge in [0, 0.05) is 18.2 Å². The molecule has 0 aliphatic heterocycles. The van der Waals surface area contributed by atoms with Crippen LogP contribution in [0.15, 0.2) is 18.2 Å². The van der Waals surface area contributed by atoms with Crippen LogP contribution < -0.4 is 10.1 Å². The Morgan fingerprint density at radius 3 is 2.87 bits per heavy atom. The molecule has 1 aliphatic rings. The van der Waals surface area contributed by atoms with Crippen molar-refractivity contribution in [2.75, 3.05) is 13.7 Å². The molecule has 3 nitrogen and oxygen atoms in total. The molecule has 0 saturated heterocycles. The molecule has 1 fully saturated rings. The molecule has 1 aromatic rings. The number of hydrogen-bond acceptors (Lipinski definition) is 3. The summed E-state index contributed by atoms with van der Waals surface area (Å²) in [4.78, 5) is 0. The summed E-state index contributed by atoms with van der Waals surface area (Å²) < 4.78 is 5.02. The number of phenolic OH excluding ortho intramolecular Hbond substituents is 1. The van der Waals surface area contributed by atoms with E-state index in [0.29, 0.717) is 11.5 Å². The Morgan fingerprint density at radius 1 is 1.47 bits per heavy atom. The van der Waals surface area contributed by atoms with Gasteiger partial charge in [0.2, 0.25) is 0 Å². The molecule has 0 unspecified atom stereocenters. The topological polar surface area (TPSA) is 41.5 Å². The number of benzene rings is 1. The van der Waals surface area contributed by atoms with Gasteiger partial charge in [0.1, 0.15) is 11.5 Å². The molecule has 0 amide bonds. The molecule has 0 bridgehead atoms. The van der Waals surface area contributed by atoms with Crippen molar-refractivity contribution >= 4 is 0 Å². The van der Waals surface area contributed by atoms with Gasteiger partial charge >= 0.3 is 0 Å². The molecule has 0 atom stereocenters. The number of nitrogens with one attached hydrogen (secondary N) is 1. The molecule has 1 aliphatic carbocycles. The smallest absolute Gasteiger partial charge is 0.123 e. The van der Waals surface area contributed by atoms with E-state index >= 15 is 0 Å². The molecular formula is C12H17NO2. The Hall–Kier alpha value is -1.22. The number of rotatable bonds is 5. The Bertz CT molecular complexity index is 334. The number of ether oxygens (including phenoxy) is 1. The zero-order valence-corrected chi connectivity index (χ0v) is 8.99. The van der Waals surface area contributed by atoms with Crippen molar-refractivity contribution in [1.29, 1.82) is 0 Å². The van der Waals surface area contributed by atoms with Gasteiger partial charge in [-0.05, 0) is 31.4 Å². The van der Waals surface area contributed by atoms with Crippen LogP contribution in [0.2, 0.25) is 0 Å². The zero-order valence-electron chi connectivity index (χ0n) is 8.99. The second-order valence-corrected chi connectivity index (χ2v) is 4.07. The fourth-order valence-electron chi connectivity index (χ4n) is 1.55. The standard InChI is InChI=1S/C12H17NO2/c1-15-11-5-4-10(12(14)6-11)8-13-7-9-2-3-9/h4-6,9,13-14H,2-3,7-8H2,1H3.